The quantitative estimate of drug-likeness (QED) is 0.871. The Labute approximate surface area is 100 Å². The van der Waals surface area contributed by atoms with E-state index in [1.165, 1.54) is 0 Å². The second kappa shape index (κ2) is 6.14. The molecule has 0 heterocycles. The van der Waals surface area contributed by atoms with Crippen LogP contribution in [0.2, 0.25) is 5.02 Å². The molecule has 0 aliphatic heterocycles. The van der Waals surface area contributed by atoms with E-state index >= 15 is 0 Å². The first kappa shape index (κ1) is 12.5. The molecule has 0 radical (unpaired) electrons. The van der Waals surface area contributed by atoms with Crippen LogP contribution in [-0.4, -0.2) is 12.5 Å². The molecule has 1 unspecified atom stereocenters. The smallest absolute Gasteiger partial charge is 0.237 e. The number of nitrogens with zero attached hydrogens (tertiary/aromatic N) is 1. The van der Waals surface area contributed by atoms with Gasteiger partial charge in [0.25, 0.3) is 0 Å². The van der Waals surface area contributed by atoms with E-state index in [2.05, 4.69) is 5.32 Å². The predicted octanol–water partition coefficient (Wildman–Crippen LogP) is 2.16. The number of amides is 1. The Kier molecular flexibility index (Phi) is 4.81. The molecule has 1 amide bonds. The third kappa shape index (κ3) is 3.92. The fourth-order valence-electron chi connectivity index (χ4n) is 1.19. The van der Waals surface area contributed by atoms with Crippen LogP contribution < -0.4 is 5.32 Å². The first-order valence-corrected chi connectivity index (χ1v) is 5.43. The maximum absolute atomic E-state index is 11.3. The summed E-state index contributed by atoms with van der Waals surface area (Å²) in [5.41, 5.74) is 1.11. The number of nitriles is 1. The molecule has 1 atom stereocenters. The average Bonchev–Trinajstić information content (AvgIpc) is 2.30. The second-order valence-corrected chi connectivity index (χ2v) is 3.95. The minimum atomic E-state index is -0.592. The van der Waals surface area contributed by atoms with Gasteiger partial charge in [0.1, 0.15) is 5.92 Å². The first-order chi connectivity index (χ1) is 7.63. The molecule has 0 aliphatic carbocycles. The topological polar surface area (TPSA) is 52.9 Å². The van der Waals surface area contributed by atoms with Crippen LogP contribution in [0.4, 0.5) is 0 Å². The lowest BCUT2D eigenvalue weighted by molar-refractivity contribution is -0.122. The van der Waals surface area contributed by atoms with E-state index in [4.69, 9.17) is 16.9 Å². The van der Waals surface area contributed by atoms with Gasteiger partial charge in [0.15, 0.2) is 0 Å². The zero-order chi connectivity index (χ0) is 12.0. The van der Waals surface area contributed by atoms with Gasteiger partial charge in [-0.15, -0.1) is 0 Å². The molecular formula is C12H13ClN2O. The van der Waals surface area contributed by atoms with Gasteiger partial charge in [0, 0.05) is 11.6 Å². The minimum Gasteiger partial charge on any atom is -0.355 e. The summed E-state index contributed by atoms with van der Waals surface area (Å²) in [6.07, 6.45) is 0.737. The third-order valence-corrected chi connectivity index (χ3v) is 2.47. The fourth-order valence-corrected chi connectivity index (χ4v) is 1.32. The van der Waals surface area contributed by atoms with Crippen LogP contribution in [0.5, 0.6) is 0 Å². The largest absolute Gasteiger partial charge is 0.355 e. The van der Waals surface area contributed by atoms with Gasteiger partial charge in [-0.25, -0.2) is 0 Å². The molecule has 4 heteroatoms. The number of halogens is 1. The van der Waals surface area contributed by atoms with Gasteiger partial charge in [0.2, 0.25) is 5.91 Å². The molecule has 1 N–H and O–H groups in total. The third-order valence-electron chi connectivity index (χ3n) is 2.21. The van der Waals surface area contributed by atoms with Gasteiger partial charge in [0.05, 0.1) is 6.07 Å². The van der Waals surface area contributed by atoms with E-state index in [1.807, 2.05) is 30.3 Å². The molecule has 0 spiro atoms. The summed E-state index contributed by atoms with van der Waals surface area (Å²) in [5.74, 6) is -0.818. The number of nitrogens with one attached hydrogen (secondary N) is 1. The summed E-state index contributed by atoms with van der Waals surface area (Å²) in [4.78, 5) is 11.3. The Morgan fingerprint density at radius 2 is 2.12 bits per heavy atom. The van der Waals surface area contributed by atoms with Crippen molar-refractivity contribution in [1.82, 2.24) is 5.32 Å². The number of rotatable bonds is 4. The van der Waals surface area contributed by atoms with Gasteiger partial charge in [-0.05, 0) is 31.0 Å². The van der Waals surface area contributed by atoms with Crippen molar-refractivity contribution in [3.63, 3.8) is 0 Å². The van der Waals surface area contributed by atoms with Gasteiger partial charge >= 0.3 is 0 Å². The second-order valence-electron chi connectivity index (χ2n) is 3.52. The number of hydrogen-bond donors (Lipinski definition) is 1. The van der Waals surface area contributed by atoms with E-state index in [0.717, 1.165) is 12.0 Å². The highest BCUT2D eigenvalue weighted by atomic mass is 35.5. The maximum atomic E-state index is 11.3. The highest BCUT2D eigenvalue weighted by Gasteiger charge is 2.09. The van der Waals surface area contributed by atoms with Crippen molar-refractivity contribution in [3.8, 4) is 6.07 Å². The Bertz CT molecular complexity index is 394. The normalized spacial score (nSPS) is 11.6. The first-order valence-electron chi connectivity index (χ1n) is 5.05. The Hall–Kier alpha value is -1.53. The molecule has 3 nitrogen and oxygen atoms in total. The van der Waals surface area contributed by atoms with Gasteiger partial charge in [-0.3, -0.25) is 4.79 Å². The van der Waals surface area contributed by atoms with Crippen LogP contribution in [-0.2, 0) is 11.2 Å². The van der Waals surface area contributed by atoms with Crippen LogP contribution >= 0.6 is 11.6 Å². The zero-order valence-corrected chi connectivity index (χ0v) is 9.79. The molecule has 0 fully saturated rings. The number of carbonyl (C=O) groups is 1. The van der Waals surface area contributed by atoms with Crippen LogP contribution in [0.3, 0.4) is 0 Å². The summed E-state index contributed by atoms with van der Waals surface area (Å²) in [7, 11) is 0. The van der Waals surface area contributed by atoms with Crippen LogP contribution in [0, 0.1) is 17.2 Å². The Morgan fingerprint density at radius 1 is 1.50 bits per heavy atom. The van der Waals surface area contributed by atoms with E-state index < -0.39 is 5.92 Å². The summed E-state index contributed by atoms with van der Waals surface area (Å²) in [5, 5.41) is 11.9. The molecule has 84 valence electrons. The highest BCUT2D eigenvalue weighted by molar-refractivity contribution is 6.30. The average molecular weight is 237 g/mol. The van der Waals surface area contributed by atoms with Crippen molar-refractivity contribution < 1.29 is 4.79 Å². The van der Waals surface area contributed by atoms with E-state index in [-0.39, 0.29) is 5.91 Å². The van der Waals surface area contributed by atoms with Gasteiger partial charge in [-0.2, -0.15) is 5.26 Å². The SMILES string of the molecule is CC(C#N)C(=O)NCCc1ccc(Cl)cc1. The summed E-state index contributed by atoms with van der Waals surface area (Å²) < 4.78 is 0. The molecule has 1 rings (SSSR count). The molecule has 1 aromatic carbocycles. The molecule has 0 aliphatic rings. The number of hydrogen-bond acceptors (Lipinski definition) is 2. The Morgan fingerprint density at radius 3 is 2.69 bits per heavy atom. The molecule has 16 heavy (non-hydrogen) atoms. The maximum Gasteiger partial charge on any atom is 0.237 e. The molecule has 1 aromatic rings. The van der Waals surface area contributed by atoms with Crippen molar-refractivity contribution in [3.05, 3.63) is 34.9 Å². The summed E-state index contributed by atoms with van der Waals surface area (Å²) in [6, 6.07) is 9.36. The fraction of sp³-hybridized carbons (Fsp3) is 0.333. The van der Waals surface area contributed by atoms with Crippen LogP contribution in [0.25, 0.3) is 0 Å². The van der Waals surface area contributed by atoms with Crippen LogP contribution in [0.1, 0.15) is 12.5 Å². The molecule has 0 aromatic heterocycles. The summed E-state index contributed by atoms with van der Waals surface area (Å²) >= 11 is 5.75. The lowest BCUT2D eigenvalue weighted by Crippen LogP contribution is -2.30. The van der Waals surface area contributed by atoms with Crippen LogP contribution in [0.15, 0.2) is 24.3 Å². The van der Waals surface area contributed by atoms with Crippen molar-refractivity contribution in [1.29, 1.82) is 5.26 Å². The van der Waals surface area contributed by atoms with Crippen molar-refractivity contribution in [2.45, 2.75) is 13.3 Å². The minimum absolute atomic E-state index is 0.225. The molecular weight excluding hydrogens is 224 g/mol. The Balaban J connectivity index is 2.34. The highest BCUT2D eigenvalue weighted by Crippen LogP contribution is 2.09. The van der Waals surface area contributed by atoms with Gasteiger partial charge in [-0.1, -0.05) is 23.7 Å². The van der Waals surface area contributed by atoms with E-state index in [9.17, 15) is 4.79 Å². The zero-order valence-electron chi connectivity index (χ0n) is 9.03. The molecule has 0 saturated carbocycles. The molecule has 0 bridgehead atoms. The van der Waals surface area contributed by atoms with Crippen molar-refractivity contribution >= 4 is 17.5 Å². The lowest BCUT2D eigenvalue weighted by atomic mass is 10.1. The van der Waals surface area contributed by atoms with E-state index in [1.54, 1.807) is 6.92 Å². The standard InChI is InChI=1S/C12H13ClN2O/c1-9(8-14)12(16)15-7-6-10-2-4-11(13)5-3-10/h2-5,9H,6-7H2,1H3,(H,15,16). The van der Waals surface area contributed by atoms with Crippen molar-refractivity contribution in [2.24, 2.45) is 5.92 Å². The monoisotopic (exact) mass is 236 g/mol. The van der Waals surface area contributed by atoms with E-state index in [0.29, 0.717) is 11.6 Å². The summed E-state index contributed by atoms with van der Waals surface area (Å²) in [6.45, 7) is 2.12. The number of carbonyl (C=O) groups excluding carboxylic acids is 1. The van der Waals surface area contributed by atoms with Gasteiger partial charge < -0.3 is 5.32 Å². The number of benzene rings is 1. The predicted molar refractivity (Wildman–Crippen MR) is 62.9 cm³/mol. The lowest BCUT2D eigenvalue weighted by Gasteiger charge is -2.06. The molecule has 0 saturated heterocycles. The van der Waals surface area contributed by atoms with Crippen molar-refractivity contribution in [2.75, 3.05) is 6.54 Å².